The standard InChI is InChI=1S/C15H23FN2O/c1-14(2)9-18(10-15(3,4)19-14)8-11-6-5-7-12(17)13(11)16/h5-7H,8-10,17H2,1-4H3. The highest BCUT2D eigenvalue weighted by Crippen LogP contribution is 2.29. The first kappa shape index (κ1) is 14.3. The summed E-state index contributed by atoms with van der Waals surface area (Å²) in [4.78, 5) is 2.22. The summed E-state index contributed by atoms with van der Waals surface area (Å²) < 4.78 is 20.0. The Morgan fingerprint density at radius 3 is 2.37 bits per heavy atom. The molecule has 1 saturated heterocycles. The number of rotatable bonds is 2. The van der Waals surface area contributed by atoms with E-state index in [4.69, 9.17) is 10.5 Å². The molecule has 0 spiro atoms. The molecular weight excluding hydrogens is 243 g/mol. The highest BCUT2D eigenvalue weighted by Gasteiger charge is 2.38. The van der Waals surface area contributed by atoms with E-state index in [0.717, 1.165) is 13.1 Å². The lowest BCUT2D eigenvalue weighted by Crippen LogP contribution is -2.56. The molecule has 1 aliphatic heterocycles. The first-order valence-corrected chi connectivity index (χ1v) is 6.64. The molecule has 0 saturated carbocycles. The minimum atomic E-state index is -0.301. The summed E-state index contributed by atoms with van der Waals surface area (Å²) in [7, 11) is 0. The molecule has 2 N–H and O–H groups in total. The maximum atomic E-state index is 14.0. The molecule has 0 atom stereocenters. The molecule has 1 aromatic carbocycles. The molecule has 0 bridgehead atoms. The largest absolute Gasteiger partial charge is 0.396 e. The zero-order valence-electron chi connectivity index (χ0n) is 12.2. The number of nitrogens with two attached hydrogens (primary N) is 1. The zero-order valence-corrected chi connectivity index (χ0v) is 12.2. The van der Waals surface area contributed by atoms with Gasteiger partial charge in [0.2, 0.25) is 0 Å². The minimum absolute atomic E-state index is 0.212. The van der Waals surface area contributed by atoms with Crippen LogP contribution in [0.4, 0.5) is 10.1 Å². The van der Waals surface area contributed by atoms with Crippen molar-refractivity contribution in [3.8, 4) is 0 Å². The van der Waals surface area contributed by atoms with Gasteiger partial charge in [-0.1, -0.05) is 12.1 Å². The van der Waals surface area contributed by atoms with E-state index >= 15 is 0 Å². The van der Waals surface area contributed by atoms with Crippen molar-refractivity contribution in [1.29, 1.82) is 0 Å². The fourth-order valence-electron chi connectivity index (χ4n) is 3.02. The van der Waals surface area contributed by atoms with Crippen LogP contribution in [0.15, 0.2) is 18.2 Å². The Morgan fingerprint density at radius 1 is 1.21 bits per heavy atom. The molecule has 19 heavy (non-hydrogen) atoms. The van der Waals surface area contributed by atoms with Crippen molar-refractivity contribution < 1.29 is 9.13 Å². The Labute approximate surface area is 114 Å². The summed E-state index contributed by atoms with van der Waals surface area (Å²) in [5.41, 5.74) is 6.03. The predicted molar refractivity (Wildman–Crippen MR) is 75.3 cm³/mol. The van der Waals surface area contributed by atoms with E-state index in [1.165, 1.54) is 0 Å². The van der Waals surface area contributed by atoms with Crippen molar-refractivity contribution in [2.24, 2.45) is 0 Å². The van der Waals surface area contributed by atoms with E-state index in [2.05, 4.69) is 32.6 Å². The average Bonchev–Trinajstić information content (AvgIpc) is 2.20. The van der Waals surface area contributed by atoms with E-state index in [0.29, 0.717) is 12.1 Å². The molecule has 0 unspecified atom stereocenters. The number of hydrogen-bond acceptors (Lipinski definition) is 3. The second-order valence-corrected chi connectivity index (χ2v) is 6.59. The molecule has 0 radical (unpaired) electrons. The lowest BCUT2D eigenvalue weighted by atomic mass is 9.98. The third-order valence-corrected chi connectivity index (χ3v) is 3.26. The van der Waals surface area contributed by atoms with Crippen LogP contribution < -0.4 is 5.73 Å². The summed E-state index contributed by atoms with van der Waals surface area (Å²) in [6, 6.07) is 5.18. The number of nitrogens with zero attached hydrogens (tertiary/aromatic N) is 1. The Morgan fingerprint density at radius 2 is 1.79 bits per heavy atom. The summed E-state index contributed by atoms with van der Waals surface area (Å²) in [5.74, 6) is -0.301. The van der Waals surface area contributed by atoms with Crippen LogP contribution in [0.25, 0.3) is 0 Å². The van der Waals surface area contributed by atoms with Crippen molar-refractivity contribution in [2.75, 3.05) is 18.8 Å². The van der Waals surface area contributed by atoms with Gasteiger partial charge < -0.3 is 10.5 Å². The summed E-state index contributed by atoms with van der Waals surface area (Å²) in [6.07, 6.45) is 0. The molecule has 1 aromatic rings. The number of halogens is 1. The second-order valence-electron chi connectivity index (χ2n) is 6.59. The van der Waals surface area contributed by atoms with Crippen molar-refractivity contribution in [1.82, 2.24) is 4.90 Å². The highest BCUT2D eigenvalue weighted by atomic mass is 19.1. The van der Waals surface area contributed by atoms with Crippen LogP contribution in [-0.4, -0.2) is 29.2 Å². The van der Waals surface area contributed by atoms with E-state index in [9.17, 15) is 4.39 Å². The molecule has 0 amide bonds. The van der Waals surface area contributed by atoms with Gasteiger partial charge in [-0.2, -0.15) is 0 Å². The maximum absolute atomic E-state index is 14.0. The third kappa shape index (κ3) is 3.45. The molecule has 1 aliphatic rings. The fourth-order valence-corrected chi connectivity index (χ4v) is 3.02. The molecule has 0 aliphatic carbocycles. The summed E-state index contributed by atoms with van der Waals surface area (Å²) in [6.45, 7) is 10.4. The van der Waals surface area contributed by atoms with Gasteiger partial charge in [-0.15, -0.1) is 0 Å². The van der Waals surface area contributed by atoms with Gasteiger partial charge in [0.05, 0.1) is 16.9 Å². The fraction of sp³-hybridized carbons (Fsp3) is 0.600. The van der Waals surface area contributed by atoms with Gasteiger partial charge in [0.1, 0.15) is 0 Å². The van der Waals surface area contributed by atoms with Crippen LogP contribution in [0.1, 0.15) is 33.3 Å². The van der Waals surface area contributed by atoms with Crippen LogP contribution in [0, 0.1) is 5.82 Å². The van der Waals surface area contributed by atoms with Crippen molar-refractivity contribution in [3.05, 3.63) is 29.6 Å². The number of morpholine rings is 1. The molecular formula is C15H23FN2O. The Kier molecular flexibility index (Phi) is 3.58. The molecule has 2 rings (SSSR count). The van der Waals surface area contributed by atoms with Crippen LogP contribution >= 0.6 is 0 Å². The topological polar surface area (TPSA) is 38.5 Å². The molecule has 1 heterocycles. The lowest BCUT2D eigenvalue weighted by molar-refractivity contribution is -0.182. The molecule has 4 heteroatoms. The molecule has 0 aromatic heterocycles. The number of ether oxygens (including phenoxy) is 1. The van der Waals surface area contributed by atoms with Gasteiger partial charge in [0, 0.05) is 25.2 Å². The first-order chi connectivity index (χ1) is 8.69. The average molecular weight is 266 g/mol. The van der Waals surface area contributed by atoms with Gasteiger partial charge in [-0.25, -0.2) is 4.39 Å². The van der Waals surface area contributed by atoms with Crippen molar-refractivity contribution in [2.45, 2.75) is 45.4 Å². The van der Waals surface area contributed by atoms with Crippen molar-refractivity contribution >= 4 is 5.69 Å². The van der Waals surface area contributed by atoms with Gasteiger partial charge in [-0.3, -0.25) is 4.90 Å². The van der Waals surface area contributed by atoms with E-state index < -0.39 is 0 Å². The molecule has 106 valence electrons. The van der Waals surface area contributed by atoms with Gasteiger partial charge in [0.15, 0.2) is 5.82 Å². The normalized spacial score (nSPS) is 22.4. The number of benzene rings is 1. The molecule has 1 fully saturated rings. The lowest BCUT2D eigenvalue weighted by Gasteiger charge is -2.47. The van der Waals surface area contributed by atoms with Crippen LogP contribution in [0.5, 0.6) is 0 Å². The van der Waals surface area contributed by atoms with Gasteiger partial charge in [0.25, 0.3) is 0 Å². The number of anilines is 1. The van der Waals surface area contributed by atoms with Crippen molar-refractivity contribution in [3.63, 3.8) is 0 Å². The quantitative estimate of drug-likeness (QED) is 0.837. The maximum Gasteiger partial charge on any atom is 0.150 e. The van der Waals surface area contributed by atoms with E-state index in [1.807, 2.05) is 0 Å². The van der Waals surface area contributed by atoms with Crippen LogP contribution in [0.2, 0.25) is 0 Å². The predicted octanol–water partition coefficient (Wildman–Crippen LogP) is 2.80. The minimum Gasteiger partial charge on any atom is -0.396 e. The van der Waals surface area contributed by atoms with Gasteiger partial charge in [-0.05, 0) is 33.8 Å². The summed E-state index contributed by atoms with van der Waals surface area (Å²) in [5, 5.41) is 0. The van der Waals surface area contributed by atoms with Crippen LogP contribution in [0.3, 0.4) is 0 Å². The Hall–Kier alpha value is -1.13. The van der Waals surface area contributed by atoms with E-state index in [1.54, 1.807) is 18.2 Å². The first-order valence-electron chi connectivity index (χ1n) is 6.64. The van der Waals surface area contributed by atoms with Gasteiger partial charge >= 0.3 is 0 Å². The smallest absolute Gasteiger partial charge is 0.150 e. The third-order valence-electron chi connectivity index (χ3n) is 3.26. The molecule has 3 nitrogen and oxygen atoms in total. The monoisotopic (exact) mass is 266 g/mol. The zero-order chi connectivity index (χ0) is 14.3. The van der Waals surface area contributed by atoms with E-state index in [-0.39, 0.29) is 22.7 Å². The highest BCUT2D eigenvalue weighted by molar-refractivity contribution is 5.42. The summed E-state index contributed by atoms with van der Waals surface area (Å²) >= 11 is 0. The van der Waals surface area contributed by atoms with Crippen LogP contribution in [-0.2, 0) is 11.3 Å². The number of nitrogen functional groups attached to an aromatic ring is 1. The number of hydrogen-bond donors (Lipinski definition) is 1. The second kappa shape index (κ2) is 4.76. The SMILES string of the molecule is CC1(C)CN(Cc2cccc(N)c2F)CC(C)(C)O1. The Bertz CT molecular complexity index is 455. The Balaban J connectivity index is 2.16.